The van der Waals surface area contributed by atoms with Crippen LogP contribution in [-0.4, -0.2) is 0 Å². The van der Waals surface area contributed by atoms with Crippen molar-refractivity contribution in [2.24, 2.45) is 0 Å². The Bertz CT molecular complexity index is 2950. The maximum atomic E-state index is 6.67. The molecule has 2 heterocycles. The van der Waals surface area contributed by atoms with Crippen LogP contribution in [0.25, 0.3) is 66.4 Å². The van der Waals surface area contributed by atoms with Crippen LogP contribution in [-0.2, 0) is 5.41 Å². The van der Waals surface area contributed by atoms with Crippen molar-refractivity contribution >= 4 is 39.0 Å². The van der Waals surface area contributed by atoms with Crippen molar-refractivity contribution in [1.82, 2.24) is 0 Å². The zero-order valence-corrected chi connectivity index (χ0v) is 30.0. The molecule has 3 heteroatoms. The second kappa shape index (κ2) is 11.6. The summed E-state index contributed by atoms with van der Waals surface area (Å²) in [4.78, 5) is 2.42. The van der Waals surface area contributed by atoms with Crippen LogP contribution in [0, 0.1) is 0 Å². The van der Waals surface area contributed by atoms with Gasteiger partial charge >= 0.3 is 0 Å². The van der Waals surface area contributed by atoms with Crippen molar-refractivity contribution in [2.45, 2.75) is 19.3 Å². The number of benzene rings is 8. The Morgan fingerprint density at radius 3 is 1.91 bits per heavy atom. The number of hydrogen-bond donors (Lipinski definition) is 0. The number of para-hydroxylation sites is 3. The highest BCUT2D eigenvalue weighted by Crippen LogP contribution is 2.55. The van der Waals surface area contributed by atoms with Gasteiger partial charge in [0.15, 0.2) is 0 Å². The van der Waals surface area contributed by atoms with Gasteiger partial charge in [0.2, 0.25) is 0 Å². The Morgan fingerprint density at radius 2 is 1.06 bits per heavy atom. The zero-order chi connectivity index (χ0) is 36.0. The minimum absolute atomic E-state index is 0.130. The number of fused-ring (bicyclic) bond motifs is 11. The summed E-state index contributed by atoms with van der Waals surface area (Å²) in [6, 6.07) is 62.9. The highest BCUT2D eigenvalue weighted by molar-refractivity contribution is 6.09. The van der Waals surface area contributed by atoms with Crippen LogP contribution in [0.2, 0.25) is 0 Å². The summed E-state index contributed by atoms with van der Waals surface area (Å²) in [5, 5.41) is 2.26. The average molecular weight is 694 g/mol. The van der Waals surface area contributed by atoms with E-state index in [-0.39, 0.29) is 5.41 Å². The third kappa shape index (κ3) is 4.48. The minimum Gasteiger partial charge on any atom is -0.456 e. The lowest BCUT2D eigenvalue weighted by molar-refractivity contribution is 0.488. The molecule has 1 aromatic heterocycles. The number of rotatable bonds is 4. The molecule has 11 rings (SSSR count). The predicted octanol–water partition coefficient (Wildman–Crippen LogP) is 14.5. The Morgan fingerprint density at radius 1 is 0.444 bits per heavy atom. The molecule has 0 amide bonds. The molecule has 3 nitrogen and oxygen atoms in total. The van der Waals surface area contributed by atoms with E-state index < -0.39 is 0 Å². The van der Waals surface area contributed by atoms with Gasteiger partial charge in [0.25, 0.3) is 0 Å². The summed E-state index contributed by atoms with van der Waals surface area (Å²) in [6.45, 7) is 4.68. The smallest absolute Gasteiger partial charge is 0.143 e. The van der Waals surface area contributed by atoms with E-state index in [1.54, 1.807) is 0 Å². The molecule has 0 N–H and O–H groups in total. The van der Waals surface area contributed by atoms with Crippen LogP contribution in [0.3, 0.4) is 0 Å². The molecular formula is C51H35NO2. The summed E-state index contributed by atoms with van der Waals surface area (Å²) in [6.07, 6.45) is 0. The molecule has 2 aliphatic rings. The monoisotopic (exact) mass is 693 g/mol. The lowest BCUT2D eigenvalue weighted by atomic mass is 9.82. The van der Waals surface area contributed by atoms with Gasteiger partial charge in [-0.3, -0.25) is 0 Å². The molecule has 1 aliphatic carbocycles. The normalized spacial score (nSPS) is 13.3. The Hall–Kier alpha value is -6.84. The second-order valence-electron chi connectivity index (χ2n) is 14.9. The largest absolute Gasteiger partial charge is 0.456 e. The highest BCUT2D eigenvalue weighted by Gasteiger charge is 2.38. The third-order valence-electron chi connectivity index (χ3n) is 11.5. The first kappa shape index (κ1) is 30.8. The van der Waals surface area contributed by atoms with Crippen LogP contribution in [0.1, 0.15) is 25.0 Å². The molecule has 0 bridgehead atoms. The molecule has 0 saturated carbocycles. The van der Waals surface area contributed by atoms with E-state index in [0.717, 1.165) is 83.9 Å². The molecule has 9 aromatic rings. The van der Waals surface area contributed by atoms with Crippen molar-refractivity contribution < 1.29 is 9.15 Å². The number of nitrogens with zero attached hydrogens (tertiary/aromatic N) is 1. The maximum absolute atomic E-state index is 6.67. The Kier molecular flexibility index (Phi) is 6.60. The first-order chi connectivity index (χ1) is 26.5. The van der Waals surface area contributed by atoms with Crippen molar-refractivity contribution in [3.63, 3.8) is 0 Å². The fourth-order valence-electron chi connectivity index (χ4n) is 8.92. The summed E-state index contributed by atoms with van der Waals surface area (Å²) < 4.78 is 13.1. The molecule has 54 heavy (non-hydrogen) atoms. The standard InChI is InChI=1S/C51H35NO2/c1-51(2)43-20-8-5-17-41(43)49-44(51)21-12-22-45(49)52(33-27-25-32(26-28-33)35-18-11-19-40-39-16-7-10-24-47(39)54-50(35)40)34-29-30-48-42(31-34)37-14-4-3-13-36(37)38-15-6-9-23-46(38)53-48/h3-31H,1-2H3. The highest BCUT2D eigenvalue weighted by atomic mass is 16.5. The quantitative estimate of drug-likeness (QED) is 0.183. The van der Waals surface area contributed by atoms with Gasteiger partial charge in [-0.05, 0) is 81.9 Å². The lowest BCUT2D eigenvalue weighted by Gasteiger charge is -2.29. The van der Waals surface area contributed by atoms with Crippen molar-refractivity contribution in [3.8, 4) is 56.0 Å². The molecule has 0 radical (unpaired) electrons. The molecule has 1 aliphatic heterocycles. The Labute approximate surface area is 314 Å². The van der Waals surface area contributed by atoms with Crippen LogP contribution < -0.4 is 9.64 Å². The zero-order valence-electron chi connectivity index (χ0n) is 30.0. The van der Waals surface area contributed by atoms with E-state index in [2.05, 4.69) is 176 Å². The number of hydrogen-bond acceptors (Lipinski definition) is 3. The maximum Gasteiger partial charge on any atom is 0.143 e. The van der Waals surface area contributed by atoms with Gasteiger partial charge in [-0.15, -0.1) is 0 Å². The summed E-state index contributed by atoms with van der Waals surface area (Å²) in [7, 11) is 0. The minimum atomic E-state index is -0.130. The van der Waals surface area contributed by atoms with Crippen molar-refractivity contribution in [2.75, 3.05) is 4.90 Å². The second-order valence-corrected chi connectivity index (χ2v) is 14.9. The van der Waals surface area contributed by atoms with Crippen molar-refractivity contribution in [3.05, 3.63) is 187 Å². The van der Waals surface area contributed by atoms with E-state index in [1.165, 1.54) is 22.3 Å². The van der Waals surface area contributed by atoms with Gasteiger partial charge in [-0.1, -0.05) is 141 Å². The van der Waals surface area contributed by atoms with E-state index in [4.69, 9.17) is 9.15 Å². The third-order valence-corrected chi connectivity index (χ3v) is 11.5. The molecule has 0 spiro atoms. The molecule has 0 saturated heterocycles. The van der Waals surface area contributed by atoms with Crippen LogP contribution in [0.5, 0.6) is 11.5 Å². The predicted molar refractivity (Wildman–Crippen MR) is 222 cm³/mol. The summed E-state index contributed by atoms with van der Waals surface area (Å²) >= 11 is 0. The van der Waals surface area contributed by atoms with E-state index in [1.807, 2.05) is 18.2 Å². The number of furan rings is 1. The molecule has 256 valence electrons. The molecular weight excluding hydrogens is 659 g/mol. The SMILES string of the molecule is CC1(C)c2ccccc2-c2c(N(c3ccc(-c4cccc5c4oc4ccccc45)cc3)c3ccc4c(c3)-c3ccccc3-c3ccccc3O4)cccc21. The first-order valence-corrected chi connectivity index (χ1v) is 18.6. The van der Waals surface area contributed by atoms with Crippen LogP contribution in [0.4, 0.5) is 17.1 Å². The summed E-state index contributed by atoms with van der Waals surface area (Å²) in [5.41, 5.74) is 16.8. The fourth-order valence-corrected chi connectivity index (χ4v) is 8.92. The molecule has 0 fully saturated rings. The Balaban J connectivity index is 1.12. The number of ether oxygens (including phenoxy) is 1. The van der Waals surface area contributed by atoms with Gasteiger partial charge in [0, 0.05) is 49.8 Å². The van der Waals surface area contributed by atoms with Crippen LogP contribution >= 0.6 is 0 Å². The van der Waals surface area contributed by atoms with E-state index >= 15 is 0 Å². The van der Waals surface area contributed by atoms with Crippen LogP contribution in [0.15, 0.2) is 180 Å². The fraction of sp³-hybridized carbons (Fsp3) is 0.0588. The van der Waals surface area contributed by atoms with Gasteiger partial charge in [0.1, 0.15) is 22.7 Å². The average Bonchev–Trinajstić information content (AvgIpc) is 3.66. The van der Waals surface area contributed by atoms with Gasteiger partial charge in [0.05, 0.1) is 5.69 Å². The lowest BCUT2D eigenvalue weighted by Crippen LogP contribution is -2.16. The summed E-state index contributed by atoms with van der Waals surface area (Å²) in [5.74, 6) is 1.71. The molecule has 0 unspecified atom stereocenters. The molecule has 0 atom stereocenters. The number of anilines is 3. The first-order valence-electron chi connectivity index (χ1n) is 18.6. The van der Waals surface area contributed by atoms with E-state index in [0.29, 0.717) is 0 Å². The topological polar surface area (TPSA) is 25.6 Å². The molecule has 8 aromatic carbocycles. The van der Waals surface area contributed by atoms with E-state index in [9.17, 15) is 0 Å². The van der Waals surface area contributed by atoms with Gasteiger partial charge in [-0.25, -0.2) is 0 Å². The van der Waals surface area contributed by atoms with Crippen molar-refractivity contribution in [1.29, 1.82) is 0 Å². The van der Waals surface area contributed by atoms with Gasteiger partial charge < -0.3 is 14.1 Å². The van der Waals surface area contributed by atoms with Gasteiger partial charge in [-0.2, -0.15) is 0 Å².